The van der Waals surface area contributed by atoms with Gasteiger partial charge in [0.05, 0.1) is 12.9 Å². The van der Waals surface area contributed by atoms with Crippen LogP contribution < -0.4 is 0 Å². The Kier molecular flexibility index (Phi) is 4.14. The topological polar surface area (TPSA) is 27.1 Å². The lowest BCUT2D eigenvalue weighted by atomic mass is 9.81. The molecule has 0 spiro atoms. The number of aryl methyl sites for hydroxylation is 1. The van der Waals surface area contributed by atoms with Crippen molar-refractivity contribution in [1.29, 1.82) is 0 Å². The highest BCUT2D eigenvalue weighted by Gasteiger charge is 2.41. The number of halogens is 1. The van der Waals surface area contributed by atoms with E-state index in [0.29, 0.717) is 12.2 Å². The van der Waals surface area contributed by atoms with Crippen molar-refractivity contribution < 1.29 is 9.13 Å². The van der Waals surface area contributed by atoms with E-state index in [-0.39, 0.29) is 5.82 Å². The number of fused-ring (bicyclic) bond motifs is 1. The third-order valence-electron chi connectivity index (χ3n) is 4.83. The molecule has 0 aliphatic carbocycles. The first-order valence-electron chi connectivity index (χ1n) is 8.38. The van der Waals surface area contributed by atoms with Gasteiger partial charge in [-0.3, -0.25) is 0 Å². The van der Waals surface area contributed by atoms with E-state index in [0.717, 1.165) is 36.1 Å². The summed E-state index contributed by atoms with van der Waals surface area (Å²) in [5.74, 6) is -0.253. The van der Waals surface area contributed by atoms with Crippen LogP contribution in [0, 0.1) is 12.7 Å². The average molecular weight is 333 g/mol. The van der Waals surface area contributed by atoms with Gasteiger partial charge >= 0.3 is 0 Å². The van der Waals surface area contributed by atoms with Crippen LogP contribution in [0.3, 0.4) is 0 Å². The third kappa shape index (κ3) is 2.98. The maximum Gasteiger partial charge on any atom is 0.123 e. The summed E-state index contributed by atoms with van der Waals surface area (Å²) in [4.78, 5) is 4.07. The van der Waals surface area contributed by atoms with Crippen molar-refractivity contribution in [3.05, 3.63) is 96.2 Å². The van der Waals surface area contributed by atoms with E-state index in [1.54, 1.807) is 30.7 Å². The average Bonchev–Trinajstić information content (AvgIpc) is 3.24. The van der Waals surface area contributed by atoms with Crippen LogP contribution in [0.1, 0.15) is 35.1 Å². The molecule has 1 aliphatic rings. The number of rotatable bonds is 5. The standard InChI is InChI=1S/C21H18FN2O/c1-16-3-8-20-17(13-16)14-25-21(20,18-4-6-19(22)7-5-18)9-2-11-24-12-10-23-15-24/h3-8,10,12-13,15H,2,9,11,14H2. The van der Waals surface area contributed by atoms with Crippen LogP contribution in [0.5, 0.6) is 0 Å². The van der Waals surface area contributed by atoms with Crippen LogP contribution in [-0.2, 0) is 23.5 Å². The zero-order valence-corrected chi connectivity index (χ0v) is 13.8. The van der Waals surface area contributed by atoms with Gasteiger partial charge in [-0.2, -0.15) is 0 Å². The lowest BCUT2D eigenvalue weighted by molar-refractivity contribution is -0.0137. The van der Waals surface area contributed by atoms with E-state index in [1.807, 2.05) is 22.9 Å². The number of ether oxygens (including phenoxy) is 1. The number of hydrogen-bond donors (Lipinski definition) is 0. The number of nitrogens with zero attached hydrogens (tertiary/aromatic N) is 2. The molecule has 4 heteroatoms. The van der Waals surface area contributed by atoms with E-state index in [4.69, 9.17) is 11.7 Å². The van der Waals surface area contributed by atoms with E-state index in [1.165, 1.54) is 12.1 Å². The Labute approximate surface area is 147 Å². The van der Waals surface area contributed by atoms with Crippen molar-refractivity contribution in [1.82, 2.24) is 9.55 Å². The summed E-state index contributed by atoms with van der Waals surface area (Å²) in [6, 6.07) is 12.2. The molecule has 1 unspecified atom stereocenters. The van der Waals surface area contributed by atoms with Crippen LogP contribution in [0.25, 0.3) is 0 Å². The first-order valence-corrected chi connectivity index (χ1v) is 8.38. The Hall–Kier alpha value is -2.46. The van der Waals surface area contributed by atoms with Crippen molar-refractivity contribution in [2.45, 2.75) is 31.6 Å². The second-order valence-electron chi connectivity index (χ2n) is 6.40. The summed E-state index contributed by atoms with van der Waals surface area (Å²) in [6.45, 7) is 9.17. The Morgan fingerprint density at radius 3 is 2.80 bits per heavy atom. The van der Waals surface area contributed by atoms with Gasteiger partial charge in [-0.25, -0.2) is 9.37 Å². The largest absolute Gasteiger partial charge is 0.361 e. The highest BCUT2D eigenvalue weighted by atomic mass is 19.1. The predicted molar refractivity (Wildman–Crippen MR) is 92.2 cm³/mol. The molecule has 0 N–H and O–H groups in total. The van der Waals surface area contributed by atoms with Crippen molar-refractivity contribution in [2.75, 3.05) is 0 Å². The minimum Gasteiger partial charge on any atom is -0.361 e. The number of hydrogen-bond acceptors (Lipinski definition) is 2. The molecule has 125 valence electrons. The van der Waals surface area contributed by atoms with Gasteiger partial charge in [0.2, 0.25) is 0 Å². The quantitative estimate of drug-likeness (QED) is 0.699. The molecule has 0 fully saturated rings. The minimum absolute atomic E-state index is 0.253. The summed E-state index contributed by atoms with van der Waals surface area (Å²) in [5, 5.41) is 0. The molecule has 0 saturated carbocycles. The molecule has 3 nitrogen and oxygen atoms in total. The Bertz CT molecular complexity index is 858. The molecule has 3 radical (unpaired) electrons. The van der Waals surface area contributed by atoms with E-state index >= 15 is 0 Å². The number of imidazole rings is 1. The summed E-state index contributed by atoms with van der Waals surface area (Å²) < 4.78 is 21.7. The molecule has 1 aliphatic heterocycles. The summed E-state index contributed by atoms with van der Waals surface area (Å²) in [7, 11) is 0. The molecule has 3 aromatic rings. The normalized spacial score (nSPS) is 19.1. The fourth-order valence-electron chi connectivity index (χ4n) is 3.62. The van der Waals surface area contributed by atoms with Crippen molar-refractivity contribution in [3.8, 4) is 0 Å². The third-order valence-corrected chi connectivity index (χ3v) is 4.83. The molecule has 2 heterocycles. The fourth-order valence-corrected chi connectivity index (χ4v) is 3.62. The van der Waals surface area contributed by atoms with Crippen LogP contribution in [-0.4, -0.2) is 9.55 Å². The molecular formula is C21H18FN2O. The van der Waals surface area contributed by atoms with Gasteiger partial charge in [0.1, 0.15) is 11.4 Å². The first-order chi connectivity index (χ1) is 12.2. The van der Waals surface area contributed by atoms with Gasteiger partial charge in [0.25, 0.3) is 0 Å². The molecule has 0 amide bonds. The molecular weight excluding hydrogens is 315 g/mol. The molecule has 25 heavy (non-hydrogen) atoms. The summed E-state index contributed by atoms with van der Waals surface area (Å²) in [5.41, 5.74) is 2.98. The van der Waals surface area contributed by atoms with Crippen LogP contribution >= 0.6 is 0 Å². The SMILES string of the molecule is [C]c1ccc2c(c1)COC2(CCCn1ccnc1)c1ccc(F)cc1. The van der Waals surface area contributed by atoms with E-state index < -0.39 is 5.60 Å². The minimum atomic E-state index is -0.586. The van der Waals surface area contributed by atoms with Crippen LogP contribution in [0.2, 0.25) is 0 Å². The lowest BCUT2D eigenvalue weighted by Crippen LogP contribution is -2.27. The summed E-state index contributed by atoms with van der Waals surface area (Å²) in [6.07, 6.45) is 7.20. The predicted octanol–water partition coefficient (Wildman–Crippen LogP) is 4.21. The maximum absolute atomic E-state index is 13.4. The highest BCUT2D eigenvalue weighted by Crippen LogP contribution is 2.45. The van der Waals surface area contributed by atoms with Crippen molar-refractivity contribution in [3.63, 3.8) is 0 Å². The Morgan fingerprint density at radius 2 is 2.04 bits per heavy atom. The lowest BCUT2D eigenvalue weighted by Gasteiger charge is -2.30. The molecule has 1 aromatic heterocycles. The zero-order chi connectivity index (χ0) is 17.3. The van der Waals surface area contributed by atoms with E-state index in [2.05, 4.69) is 4.98 Å². The fraction of sp³-hybridized carbons (Fsp3) is 0.238. The molecule has 4 rings (SSSR count). The second kappa shape index (κ2) is 6.45. The van der Waals surface area contributed by atoms with Gasteiger partial charge in [0, 0.05) is 25.9 Å². The Balaban J connectivity index is 1.68. The summed E-state index contributed by atoms with van der Waals surface area (Å²) >= 11 is 0. The molecule has 0 saturated heterocycles. The van der Waals surface area contributed by atoms with Crippen LogP contribution in [0.15, 0.2) is 61.2 Å². The van der Waals surface area contributed by atoms with E-state index in [9.17, 15) is 4.39 Å². The monoisotopic (exact) mass is 333 g/mol. The van der Waals surface area contributed by atoms with Gasteiger partial charge in [-0.15, -0.1) is 0 Å². The van der Waals surface area contributed by atoms with Crippen molar-refractivity contribution in [2.24, 2.45) is 0 Å². The zero-order valence-electron chi connectivity index (χ0n) is 13.8. The Morgan fingerprint density at radius 1 is 1.20 bits per heavy atom. The van der Waals surface area contributed by atoms with Gasteiger partial charge < -0.3 is 9.30 Å². The smallest absolute Gasteiger partial charge is 0.123 e. The maximum atomic E-state index is 13.4. The molecule has 1 atom stereocenters. The molecule has 0 bridgehead atoms. The first kappa shape index (κ1) is 16.0. The van der Waals surface area contributed by atoms with Crippen LogP contribution in [0.4, 0.5) is 4.39 Å². The second-order valence-corrected chi connectivity index (χ2v) is 6.40. The number of aromatic nitrogens is 2. The highest BCUT2D eigenvalue weighted by molar-refractivity contribution is 5.46. The molecule has 2 aromatic carbocycles. The number of benzene rings is 2. The van der Waals surface area contributed by atoms with Gasteiger partial charge in [-0.1, -0.05) is 30.3 Å². The van der Waals surface area contributed by atoms with Gasteiger partial charge in [-0.05, 0) is 47.2 Å². The van der Waals surface area contributed by atoms with Crippen molar-refractivity contribution >= 4 is 0 Å². The van der Waals surface area contributed by atoms with Gasteiger partial charge in [0.15, 0.2) is 0 Å².